The van der Waals surface area contributed by atoms with E-state index in [0.717, 1.165) is 30.0 Å². The van der Waals surface area contributed by atoms with Crippen LogP contribution in [0.3, 0.4) is 0 Å². The maximum Gasteiger partial charge on any atom is 0.277 e. The summed E-state index contributed by atoms with van der Waals surface area (Å²) in [7, 11) is 1.77. The predicted molar refractivity (Wildman–Crippen MR) is 118 cm³/mol. The molecule has 0 radical (unpaired) electrons. The van der Waals surface area contributed by atoms with Crippen molar-refractivity contribution in [1.29, 1.82) is 0 Å². The van der Waals surface area contributed by atoms with Crippen LogP contribution in [-0.2, 0) is 4.79 Å². The summed E-state index contributed by atoms with van der Waals surface area (Å²) in [6, 6.07) is 17.6. The molecule has 0 N–H and O–H groups in total. The van der Waals surface area contributed by atoms with Crippen LogP contribution in [0.2, 0.25) is 0 Å². The molecule has 0 aliphatic heterocycles. The van der Waals surface area contributed by atoms with E-state index in [1.165, 1.54) is 11.8 Å². The Morgan fingerprint density at radius 3 is 2.28 bits per heavy atom. The van der Waals surface area contributed by atoms with Crippen molar-refractivity contribution in [2.75, 3.05) is 29.9 Å². The first kappa shape index (κ1) is 20.9. The largest absolute Gasteiger partial charge is 0.411 e. The first-order valence-corrected chi connectivity index (χ1v) is 10.6. The van der Waals surface area contributed by atoms with Gasteiger partial charge >= 0.3 is 0 Å². The molecule has 152 valence electrons. The quantitative estimate of drug-likeness (QED) is 0.501. The Morgan fingerprint density at radius 2 is 1.66 bits per heavy atom. The zero-order valence-electron chi connectivity index (χ0n) is 17.2. The van der Waals surface area contributed by atoms with Crippen molar-refractivity contribution >= 4 is 29.0 Å². The molecule has 0 saturated carbocycles. The summed E-state index contributed by atoms with van der Waals surface area (Å²) in [5.41, 5.74) is 2.88. The summed E-state index contributed by atoms with van der Waals surface area (Å²) in [5.74, 6) is 0.430. The number of carbonyl (C=O) groups is 1. The third kappa shape index (κ3) is 4.98. The molecule has 3 rings (SSSR count). The van der Waals surface area contributed by atoms with Gasteiger partial charge in [-0.3, -0.25) is 4.79 Å². The van der Waals surface area contributed by atoms with Crippen molar-refractivity contribution in [3.05, 3.63) is 54.6 Å². The third-order valence-corrected chi connectivity index (χ3v) is 5.67. The van der Waals surface area contributed by atoms with Crippen LogP contribution in [0.4, 0.5) is 11.4 Å². The van der Waals surface area contributed by atoms with Gasteiger partial charge in [-0.15, -0.1) is 10.2 Å². The van der Waals surface area contributed by atoms with Gasteiger partial charge in [0.2, 0.25) is 11.8 Å². The number of rotatable bonds is 8. The highest BCUT2D eigenvalue weighted by molar-refractivity contribution is 8.00. The smallest absolute Gasteiger partial charge is 0.277 e. The van der Waals surface area contributed by atoms with Crippen LogP contribution in [0.25, 0.3) is 11.5 Å². The molecule has 7 heteroatoms. The predicted octanol–water partition coefficient (Wildman–Crippen LogP) is 4.73. The third-order valence-electron chi connectivity index (χ3n) is 4.75. The molecule has 0 bridgehead atoms. The van der Waals surface area contributed by atoms with Gasteiger partial charge in [-0.2, -0.15) is 0 Å². The summed E-state index contributed by atoms with van der Waals surface area (Å²) in [6.45, 7) is 8.03. The summed E-state index contributed by atoms with van der Waals surface area (Å²) in [4.78, 5) is 16.6. The molecule has 1 heterocycles. The Hall–Kier alpha value is -2.80. The van der Waals surface area contributed by atoms with E-state index in [9.17, 15) is 4.79 Å². The minimum atomic E-state index is -0.349. The van der Waals surface area contributed by atoms with E-state index >= 15 is 0 Å². The van der Waals surface area contributed by atoms with Gasteiger partial charge < -0.3 is 14.2 Å². The fourth-order valence-corrected chi connectivity index (χ4v) is 3.81. The van der Waals surface area contributed by atoms with Crippen molar-refractivity contribution < 1.29 is 9.21 Å². The van der Waals surface area contributed by atoms with Crippen molar-refractivity contribution in [2.45, 2.75) is 31.2 Å². The van der Waals surface area contributed by atoms with Crippen LogP contribution >= 0.6 is 11.8 Å². The SMILES string of the molecule is CCN(CC)c1ccc(-c2nnc(SC(C)C(=O)N(C)c3ccccc3)o2)cc1. The van der Waals surface area contributed by atoms with Gasteiger partial charge in [0, 0.05) is 37.1 Å². The molecule has 0 saturated heterocycles. The number of benzene rings is 2. The second kappa shape index (κ2) is 9.60. The lowest BCUT2D eigenvalue weighted by atomic mass is 10.2. The number of hydrogen-bond donors (Lipinski definition) is 0. The molecule has 0 spiro atoms. The maximum absolute atomic E-state index is 12.7. The van der Waals surface area contributed by atoms with E-state index in [-0.39, 0.29) is 11.2 Å². The van der Waals surface area contributed by atoms with E-state index in [2.05, 4.69) is 41.1 Å². The number of para-hydroxylation sites is 1. The molecule has 1 unspecified atom stereocenters. The summed E-state index contributed by atoms with van der Waals surface area (Å²) >= 11 is 1.27. The Bertz CT molecular complexity index is 924. The van der Waals surface area contributed by atoms with Crippen LogP contribution in [0.1, 0.15) is 20.8 Å². The Labute approximate surface area is 175 Å². The van der Waals surface area contributed by atoms with Gasteiger partial charge in [0.05, 0.1) is 5.25 Å². The van der Waals surface area contributed by atoms with Gasteiger partial charge in [-0.05, 0) is 57.2 Å². The maximum atomic E-state index is 12.7. The fourth-order valence-electron chi connectivity index (χ4n) is 3.03. The Balaban J connectivity index is 1.66. The zero-order valence-corrected chi connectivity index (χ0v) is 18.0. The van der Waals surface area contributed by atoms with Crippen LogP contribution in [0.5, 0.6) is 0 Å². The lowest BCUT2D eigenvalue weighted by Gasteiger charge is -2.20. The molecule has 1 amide bonds. The van der Waals surface area contributed by atoms with E-state index in [1.807, 2.05) is 49.4 Å². The molecule has 1 atom stereocenters. The van der Waals surface area contributed by atoms with Gasteiger partial charge in [0.25, 0.3) is 5.22 Å². The molecular formula is C22H26N4O2S. The van der Waals surface area contributed by atoms with E-state index in [4.69, 9.17) is 4.42 Å². The number of aromatic nitrogens is 2. The zero-order chi connectivity index (χ0) is 20.8. The number of carbonyl (C=O) groups excluding carboxylic acids is 1. The van der Waals surface area contributed by atoms with E-state index in [0.29, 0.717) is 11.1 Å². The number of hydrogen-bond acceptors (Lipinski definition) is 6. The summed E-state index contributed by atoms with van der Waals surface area (Å²) < 4.78 is 5.79. The fraction of sp³-hybridized carbons (Fsp3) is 0.318. The van der Waals surface area contributed by atoms with Crippen molar-refractivity contribution in [1.82, 2.24) is 10.2 Å². The minimum Gasteiger partial charge on any atom is -0.411 e. The topological polar surface area (TPSA) is 62.5 Å². The molecule has 2 aromatic carbocycles. The lowest BCUT2D eigenvalue weighted by Crippen LogP contribution is -2.33. The first-order valence-electron chi connectivity index (χ1n) is 9.71. The first-order chi connectivity index (χ1) is 14.0. The number of anilines is 2. The minimum absolute atomic E-state index is 0.0236. The second-order valence-corrected chi connectivity index (χ2v) is 7.88. The lowest BCUT2D eigenvalue weighted by molar-refractivity contribution is -0.117. The highest BCUT2D eigenvalue weighted by atomic mass is 32.2. The van der Waals surface area contributed by atoms with Crippen molar-refractivity contribution in [3.8, 4) is 11.5 Å². The Kier molecular flexibility index (Phi) is 6.93. The van der Waals surface area contributed by atoms with Crippen LogP contribution < -0.4 is 9.80 Å². The number of nitrogens with zero attached hydrogens (tertiary/aromatic N) is 4. The molecule has 29 heavy (non-hydrogen) atoms. The van der Waals surface area contributed by atoms with Gasteiger partial charge in [-0.1, -0.05) is 30.0 Å². The average molecular weight is 411 g/mol. The average Bonchev–Trinajstić information content (AvgIpc) is 3.23. The number of thioether (sulfide) groups is 1. The molecule has 6 nitrogen and oxygen atoms in total. The van der Waals surface area contributed by atoms with Crippen molar-refractivity contribution in [3.63, 3.8) is 0 Å². The van der Waals surface area contributed by atoms with Crippen LogP contribution in [0.15, 0.2) is 64.2 Å². The molecule has 0 aliphatic rings. The monoisotopic (exact) mass is 410 g/mol. The molecule has 1 aromatic heterocycles. The van der Waals surface area contributed by atoms with Crippen molar-refractivity contribution in [2.24, 2.45) is 0 Å². The highest BCUT2D eigenvalue weighted by Gasteiger charge is 2.22. The second-order valence-electron chi connectivity index (χ2n) is 6.59. The standard InChI is InChI=1S/C22H26N4O2S/c1-5-26(6-2)19-14-12-17(13-15-19)20-23-24-22(28-20)29-16(3)21(27)25(4)18-10-8-7-9-11-18/h7-16H,5-6H2,1-4H3. The molecule has 0 aliphatic carbocycles. The molecular weight excluding hydrogens is 384 g/mol. The van der Waals surface area contributed by atoms with Crippen LogP contribution in [-0.4, -0.2) is 41.5 Å². The van der Waals surface area contributed by atoms with E-state index < -0.39 is 0 Å². The Morgan fingerprint density at radius 1 is 1.00 bits per heavy atom. The molecule has 3 aromatic rings. The van der Waals surface area contributed by atoms with Gasteiger partial charge in [0.15, 0.2) is 0 Å². The summed E-state index contributed by atoms with van der Waals surface area (Å²) in [5, 5.41) is 8.28. The van der Waals surface area contributed by atoms with Crippen LogP contribution in [0, 0.1) is 0 Å². The van der Waals surface area contributed by atoms with E-state index in [1.54, 1.807) is 11.9 Å². The molecule has 0 fully saturated rings. The van der Waals surface area contributed by atoms with Gasteiger partial charge in [0.1, 0.15) is 0 Å². The normalized spacial score (nSPS) is 11.9. The van der Waals surface area contributed by atoms with Gasteiger partial charge in [-0.25, -0.2) is 0 Å². The highest BCUT2D eigenvalue weighted by Crippen LogP contribution is 2.28. The number of amides is 1. The summed E-state index contributed by atoms with van der Waals surface area (Å²) in [6.07, 6.45) is 0.